The van der Waals surface area contributed by atoms with Crippen LogP contribution in [0.5, 0.6) is 0 Å². The second-order valence-electron chi connectivity index (χ2n) is 5.24. The van der Waals surface area contributed by atoms with E-state index in [2.05, 4.69) is 16.5 Å². The van der Waals surface area contributed by atoms with Crippen molar-refractivity contribution in [2.75, 3.05) is 5.43 Å². The fraction of sp³-hybridized carbons (Fsp3) is 0.400. The van der Waals surface area contributed by atoms with Gasteiger partial charge in [-0.05, 0) is 48.6 Å². The summed E-state index contributed by atoms with van der Waals surface area (Å²) < 4.78 is 0. The minimum Gasteiger partial charge on any atom is -0.308 e. The minimum atomic E-state index is 0.565. The van der Waals surface area contributed by atoms with Crippen molar-refractivity contribution < 1.29 is 0 Å². The van der Waals surface area contributed by atoms with Crippen LogP contribution in [0.3, 0.4) is 0 Å². The lowest BCUT2D eigenvalue weighted by molar-refractivity contribution is 0.444. The molecule has 3 rings (SSSR count). The number of benzene rings is 1. The molecule has 2 aromatic rings. The van der Waals surface area contributed by atoms with Gasteiger partial charge in [0.1, 0.15) is 5.82 Å². The smallest absolute Gasteiger partial charge is 0.144 e. The molecule has 4 heteroatoms. The molecular formula is C15H18ClN3. The first-order chi connectivity index (χ1) is 9.28. The second kappa shape index (κ2) is 5.35. The van der Waals surface area contributed by atoms with Crippen molar-refractivity contribution in [3.05, 3.63) is 34.9 Å². The van der Waals surface area contributed by atoms with Gasteiger partial charge in [-0.25, -0.2) is 10.8 Å². The van der Waals surface area contributed by atoms with Gasteiger partial charge in [-0.1, -0.05) is 30.9 Å². The van der Waals surface area contributed by atoms with E-state index in [1.807, 2.05) is 18.2 Å². The van der Waals surface area contributed by atoms with Crippen molar-refractivity contribution in [1.82, 2.24) is 4.98 Å². The Kier molecular flexibility index (Phi) is 3.58. The average Bonchev–Trinajstić information content (AvgIpc) is 2.46. The number of nitrogens with one attached hydrogen (secondary N) is 1. The number of nitrogen functional groups attached to an aromatic ring is 1. The Morgan fingerprint density at radius 3 is 2.68 bits per heavy atom. The van der Waals surface area contributed by atoms with Crippen LogP contribution in [0.2, 0.25) is 5.02 Å². The van der Waals surface area contributed by atoms with E-state index in [-0.39, 0.29) is 0 Å². The van der Waals surface area contributed by atoms with Gasteiger partial charge in [0, 0.05) is 10.4 Å². The standard InChI is InChI=1S/C15H18ClN3/c16-12-6-7-14-11(8-12)9-13(15(18-14)19-17)10-4-2-1-3-5-10/h6-10H,1-5,17H2,(H,18,19). The summed E-state index contributed by atoms with van der Waals surface area (Å²) in [4.78, 5) is 4.62. The zero-order chi connectivity index (χ0) is 13.2. The van der Waals surface area contributed by atoms with E-state index in [4.69, 9.17) is 17.4 Å². The molecule has 0 bridgehead atoms. The zero-order valence-electron chi connectivity index (χ0n) is 10.8. The fourth-order valence-corrected chi connectivity index (χ4v) is 3.18. The Morgan fingerprint density at radius 1 is 1.16 bits per heavy atom. The topological polar surface area (TPSA) is 50.9 Å². The van der Waals surface area contributed by atoms with E-state index >= 15 is 0 Å². The van der Waals surface area contributed by atoms with Crippen LogP contribution in [0.15, 0.2) is 24.3 Å². The minimum absolute atomic E-state index is 0.565. The van der Waals surface area contributed by atoms with Crippen LogP contribution in [-0.2, 0) is 0 Å². The number of rotatable bonds is 2. The number of nitrogens with two attached hydrogens (primary N) is 1. The molecule has 100 valence electrons. The van der Waals surface area contributed by atoms with Crippen LogP contribution in [0, 0.1) is 0 Å². The van der Waals surface area contributed by atoms with Crippen molar-refractivity contribution in [2.45, 2.75) is 38.0 Å². The molecule has 3 N–H and O–H groups in total. The molecule has 1 fully saturated rings. The molecule has 1 aromatic carbocycles. The molecule has 0 saturated heterocycles. The van der Waals surface area contributed by atoms with E-state index in [0.29, 0.717) is 5.92 Å². The number of hydrazine groups is 1. The number of fused-ring (bicyclic) bond motifs is 1. The fourth-order valence-electron chi connectivity index (χ4n) is 3.00. The zero-order valence-corrected chi connectivity index (χ0v) is 11.6. The Balaban J connectivity index is 2.10. The molecule has 1 aromatic heterocycles. The summed E-state index contributed by atoms with van der Waals surface area (Å²) in [5.41, 5.74) is 4.92. The van der Waals surface area contributed by atoms with Gasteiger partial charge in [0.05, 0.1) is 5.52 Å². The number of nitrogens with zero attached hydrogens (tertiary/aromatic N) is 1. The van der Waals surface area contributed by atoms with Crippen molar-refractivity contribution in [3.8, 4) is 0 Å². The van der Waals surface area contributed by atoms with Gasteiger partial charge >= 0.3 is 0 Å². The Morgan fingerprint density at radius 2 is 1.95 bits per heavy atom. The van der Waals surface area contributed by atoms with Crippen molar-refractivity contribution in [3.63, 3.8) is 0 Å². The molecular weight excluding hydrogens is 258 g/mol. The van der Waals surface area contributed by atoms with Crippen LogP contribution >= 0.6 is 11.6 Å². The van der Waals surface area contributed by atoms with E-state index < -0.39 is 0 Å². The molecule has 1 heterocycles. The number of hydrogen-bond acceptors (Lipinski definition) is 3. The van der Waals surface area contributed by atoms with Gasteiger partial charge in [0.2, 0.25) is 0 Å². The SMILES string of the molecule is NNc1nc2ccc(Cl)cc2cc1C1CCCCC1. The van der Waals surface area contributed by atoms with Gasteiger partial charge in [-0.15, -0.1) is 0 Å². The number of hydrogen-bond donors (Lipinski definition) is 2. The van der Waals surface area contributed by atoms with Crippen LogP contribution in [0.1, 0.15) is 43.6 Å². The largest absolute Gasteiger partial charge is 0.308 e. The van der Waals surface area contributed by atoms with Crippen LogP contribution < -0.4 is 11.3 Å². The molecule has 1 aliphatic carbocycles. The first-order valence-corrected chi connectivity index (χ1v) is 7.22. The third-order valence-corrected chi connectivity index (χ3v) is 4.22. The monoisotopic (exact) mass is 275 g/mol. The molecule has 3 nitrogen and oxygen atoms in total. The van der Waals surface area contributed by atoms with Crippen molar-refractivity contribution >= 4 is 28.3 Å². The van der Waals surface area contributed by atoms with Gasteiger partial charge in [-0.2, -0.15) is 0 Å². The highest BCUT2D eigenvalue weighted by Crippen LogP contribution is 2.37. The predicted molar refractivity (Wildman–Crippen MR) is 80.4 cm³/mol. The van der Waals surface area contributed by atoms with Gasteiger partial charge in [0.15, 0.2) is 0 Å². The average molecular weight is 276 g/mol. The Labute approximate surface area is 118 Å². The van der Waals surface area contributed by atoms with Crippen molar-refractivity contribution in [2.24, 2.45) is 5.84 Å². The second-order valence-corrected chi connectivity index (χ2v) is 5.68. The lowest BCUT2D eigenvalue weighted by Crippen LogP contribution is -2.14. The Bertz CT molecular complexity index is 591. The summed E-state index contributed by atoms with van der Waals surface area (Å²) in [5, 5.41) is 1.84. The third-order valence-electron chi connectivity index (χ3n) is 3.99. The van der Waals surface area contributed by atoms with E-state index in [1.165, 1.54) is 37.7 Å². The van der Waals surface area contributed by atoms with Crippen LogP contribution in [0.25, 0.3) is 10.9 Å². The molecule has 19 heavy (non-hydrogen) atoms. The highest BCUT2D eigenvalue weighted by molar-refractivity contribution is 6.31. The lowest BCUT2D eigenvalue weighted by Gasteiger charge is -2.24. The van der Waals surface area contributed by atoms with Crippen molar-refractivity contribution in [1.29, 1.82) is 0 Å². The van der Waals surface area contributed by atoms with E-state index in [9.17, 15) is 0 Å². The molecule has 0 atom stereocenters. The number of aromatic nitrogens is 1. The summed E-state index contributed by atoms with van der Waals surface area (Å²) >= 11 is 6.06. The summed E-state index contributed by atoms with van der Waals surface area (Å²) in [5.74, 6) is 7.01. The number of pyridine rings is 1. The first-order valence-electron chi connectivity index (χ1n) is 6.85. The lowest BCUT2D eigenvalue weighted by atomic mass is 9.84. The molecule has 1 aliphatic rings. The molecule has 0 unspecified atom stereocenters. The summed E-state index contributed by atoms with van der Waals surface area (Å²) in [6.45, 7) is 0. The maximum atomic E-state index is 6.06. The van der Waals surface area contributed by atoms with E-state index in [1.54, 1.807) is 0 Å². The van der Waals surface area contributed by atoms with Crippen LogP contribution in [-0.4, -0.2) is 4.98 Å². The van der Waals surface area contributed by atoms with E-state index in [0.717, 1.165) is 21.7 Å². The molecule has 0 aliphatic heterocycles. The summed E-state index contributed by atoms with van der Waals surface area (Å²) in [7, 11) is 0. The molecule has 0 spiro atoms. The number of anilines is 1. The first kappa shape index (κ1) is 12.7. The maximum Gasteiger partial charge on any atom is 0.144 e. The predicted octanol–water partition coefficient (Wildman–Crippen LogP) is 4.22. The molecule has 0 amide bonds. The third kappa shape index (κ3) is 2.53. The van der Waals surface area contributed by atoms with Gasteiger partial charge in [-0.3, -0.25) is 0 Å². The maximum absolute atomic E-state index is 6.06. The van der Waals surface area contributed by atoms with Gasteiger partial charge < -0.3 is 5.43 Å². The highest BCUT2D eigenvalue weighted by Gasteiger charge is 2.19. The summed E-state index contributed by atoms with van der Waals surface area (Å²) in [6, 6.07) is 7.95. The molecule has 1 saturated carbocycles. The summed E-state index contributed by atoms with van der Waals surface area (Å²) in [6.07, 6.45) is 6.38. The molecule has 0 radical (unpaired) electrons. The number of halogens is 1. The highest BCUT2D eigenvalue weighted by atomic mass is 35.5. The van der Waals surface area contributed by atoms with Crippen LogP contribution in [0.4, 0.5) is 5.82 Å². The normalized spacial score (nSPS) is 16.7. The van der Waals surface area contributed by atoms with Gasteiger partial charge in [0.25, 0.3) is 0 Å². The quantitative estimate of drug-likeness (QED) is 0.637. The Hall–Kier alpha value is -1.32.